The van der Waals surface area contributed by atoms with Crippen molar-refractivity contribution in [3.63, 3.8) is 0 Å². The Balaban J connectivity index is 1.38. The SMILES string of the molecule is CC(CCc1ccccc1)Nc1ncnc2c1sc1nc(-c3ccccc3)c3c(c12)CCC3. The molecule has 1 aliphatic rings. The second-order valence-corrected chi connectivity index (χ2v) is 9.89. The average Bonchev–Trinajstić information content (AvgIpc) is 3.48. The van der Waals surface area contributed by atoms with Crippen molar-refractivity contribution in [2.75, 3.05) is 5.32 Å². The van der Waals surface area contributed by atoms with Gasteiger partial charge in [0.25, 0.3) is 0 Å². The lowest BCUT2D eigenvalue weighted by molar-refractivity contribution is 0.704. The Morgan fingerprint density at radius 3 is 2.52 bits per heavy atom. The molecule has 0 aliphatic heterocycles. The molecule has 164 valence electrons. The number of thiophene rings is 1. The smallest absolute Gasteiger partial charge is 0.147 e. The molecule has 33 heavy (non-hydrogen) atoms. The van der Waals surface area contributed by atoms with E-state index in [0.717, 1.165) is 52.2 Å². The summed E-state index contributed by atoms with van der Waals surface area (Å²) in [6.07, 6.45) is 7.16. The monoisotopic (exact) mass is 450 g/mol. The number of nitrogens with zero attached hydrogens (tertiary/aromatic N) is 3. The highest BCUT2D eigenvalue weighted by atomic mass is 32.1. The maximum Gasteiger partial charge on any atom is 0.147 e. The highest BCUT2D eigenvalue weighted by molar-refractivity contribution is 7.26. The second kappa shape index (κ2) is 8.56. The van der Waals surface area contributed by atoms with Crippen molar-refractivity contribution in [2.24, 2.45) is 0 Å². The molecule has 5 aromatic rings. The first kappa shape index (κ1) is 20.3. The van der Waals surface area contributed by atoms with Crippen LogP contribution in [0, 0.1) is 0 Å². The number of benzene rings is 2. The average molecular weight is 451 g/mol. The Bertz CT molecular complexity index is 1430. The molecule has 0 bridgehead atoms. The molecule has 0 fully saturated rings. The van der Waals surface area contributed by atoms with E-state index in [4.69, 9.17) is 9.97 Å². The van der Waals surface area contributed by atoms with Gasteiger partial charge in [-0.25, -0.2) is 15.0 Å². The predicted molar refractivity (Wildman–Crippen MR) is 138 cm³/mol. The second-order valence-electron chi connectivity index (χ2n) is 8.89. The van der Waals surface area contributed by atoms with Crippen LogP contribution >= 0.6 is 11.3 Å². The molecular formula is C28H26N4S. The molecule has 1 atom stereocenters. The first-order valence-corrected chi connectivity index (χ1v) is 12.5. The number of nitrogens with one attached hydrogen (secondary N) is 1. The number of hydrogen-bond acceptors (Lipinski definition) is 5. The fourth-order valence-corrected chi connectivity index (χ4v) is 6.08. The summed E-state index contributed by atoms with van der Waals surface area (Å²) in [6.45, 7) is 2.23. The molecule has 0 radical (unpaired) electrons. The van der Waals surface area contributed by atoms with Crippen molar-refractivity contribution >= 4 is 37.6 Å². The third-order valence-corrected chi connectivity index (χ3v) is 7.69. The summed E-state index contributed by atoms with van der Waals surface area (Å²) in [5.41, 5.74) is 7.60. The van der Waals surface area contributed by atoms with Gasteiger partial charge in [0.1, 0.15) is 17.0 Å². The summed E-state index contributed by atoms with van der Waals surface area (Å²) in [6, 6.07) is 21.6. The summed E-state index contributed by atoms with van der Waals surface area (Å²) in [4.78, 5) is 15.6. The molecule has 3 aromatic heterocycles. The zero-order valence-corrected chi connectivity index (χ0v) is 19.5. The van der Waals surface area contributed by atoms with E-state index in [0.29, 0.717) is 6.04 Å². The minimum atomic E-state index is 0.312. The maximum absolute atomic E-state index is 5.17. The number of rotatable bonds is 6. The maximum atomic E-state index is 5.17. The van der Waals surface area contributed by atoms with Crippen LogP contribution in [0.1, 0.15) is 36.5 Å². The standard InChI is InChI=1S/C28H26N4S/c1-18(15-16-19-9-4-2-5-10-19)31-27-26-25(29-17-30-27)23-21-13-8-14-22(21)24(32-28(23)33-26)20-11-6-3-7-12-20/h2-7,9-12,17-18H,8,13-16H2,1H3,(H,29,30,31). The highest BCUT2D eigenvalue weighted by Gasteiger charge is 2.25. The molecule has 1 aliphatic carbocycles. The van der Waals surface area contributed by atoms with Crippen molar-refractivity contribution < 1.29 is 0 Å². The minimum Gasteiger partial charge on any atom is -0.366 e. The highest BCUT2D eigenvalue weighted by Crippen LogP contribution is 2.43. The molecule has 0 amide bonds. The van der Waals surface area contributed by atoms with E-state index in [2.05, 4.69) is 77.9 Å². The van der Waals surface area contributed by atoms with Gasteiger partial charge in [-0.05, 0) is 55.7 Å². The van der Waals surface area contributed by atoms with Gasteiger partial charge in [0.2, 0.25) is 0 Å². The van der Waals surface area contributed by atoms with Crippen LogP contribution < -0.4 is 5.32 Å². The number of anilines is 1. The first-order valence-electron chi connectivity index (χ1n) is 11.7. The normalized spacial score (nSPS) is 14.0. The van der Waals surface area contributed by atoms with Gasteiger partial charge in [0.15, 0.2) is 0 Å². The van der Waals surface area contributed by atoms with Crippen LogP contribution in [0.3, 0.4) is 0 Å². The van der Waals surface area contributed by atoms with E-state index in [-0.39, 0.29) is 0 Å². The van der Waals surface area contributed by atoms with Crippen LogP contribution in [0.15, 0.2) is 67.0 Å². The zero-order chi connectivity index (χ0) is 22.2. The van der Waals surface area contributed by atoms with E-state index in [1.54, 1.807) is 17.7 Å². The van der Waals surface area contributed by atoms with Crippen LogP contribution in [0.2, 0.25) is 0 Å². The first-order chi connectivity index (χ1) is 16.3. The van der Waals surface area contributed by atoms with E-state index >= 15 is 0 Å². The van der Waals surface area contributed by atoms with Crippen molar-refractivity contribution in [1.29, 1.82) is 0 Å². The fourth-order valence-electron chi connectivity index (χ4n) is 4.97. The van der Waals surface area contributed by atoms with E-state index in [1.807, 2.05) is 0 Å². The van der Waals surface area contributed by atoms with Crippen LogP contribution in [-0.2, 0) is 19.3 Å². The topological polar surface area (TPSA) is 50.7 Å². The molecule has 0 saturated heterocycles. The lowest BCUT2D eigenvalue weighted by atomic mass is 10.0. The number of hydrogen-bond donors (Lipinski definition) is 1. The molecule has 4 nitrogen and oxygen atoms in total. The third-order valence-electron chi connectivity index (χ3n) is 6.61. The van der Waals surface area contributed by atoms with E-state index < -0.39 is 0 Å². The van der Waals surface area contributed by atoms with Crippen molar-refractivity contribution in [1.82, 2.24) is 15.0 Å². The summed E-state index contributed by atoms with van der Waals surface area (Å²) in [7, 11) is 0. The molecule has 3 heterocycles. The quantitative estimate of drug-likeness (QED) is 0.308. The van der Waals surface area contributed by atoms with Crippen molar-refractivity contribution in [2.45, 2.75) is 45.1 Å². The van der Waals surface area contributed by atoms with Crippen molar-refractivity contribution in [3.8, 4) is 11.3 Å². The molecule has 1 N–H and O–H groups in total. The molecule has 1 unspecified atom stereocenters. The van der Waals surface area contributed by atoms with Gasteiger partial charge in [-0.2, -0.15) is 0 Å². The summed E-state index contributed by atoms with van der Waals surface area (Å²) >= 11 is 1.72. The van der Waals surface area contributed by atoms with Crippen LogP contribution in [-0.4, -0.2) is 21.0 Å². The Labute approximate surface area is 197 Å². The van der Waals surface area contributed by atoms with Gasteiger partial charge in [-0.15, -0.1) is 11.3 Å². The molecule has 0 spiro atoms. The van der Waals surface area contributed by atoms with Gasteiger partial charge in [0.05, 0.1) is 15.9 Å². The molecule has 2 aromatic carbocycles. The lowest BCUT2D eigenvalue weighted by Crippen LogP contribution is -2.17. The predicted octanol–water partition coefficient (Wildman–Crippen LogP) is 6.83. The van der Waals surface area contributed by atoms with E-state index in [9.17, 15) is 0 Å². The van der Waals surface area contributed by atoms with Crippen molar-refractivity contribution in [3.05, 3.63) is 83.7 Å². The van der Waals surface area contributed by atoms with Crippen LogP contribution in [0.5, 0.6) is 0 Å². The van der Waals surface area contributed by atoms with Crippen LogP contribution in [0.4, 0.5) is 5.82 Å². The lowest BCUT2D eigenvalue weighted by Gasteiger charge is -2.14. The Morgan fingerprint density at radius 1 is 0.939 bits per heavy atom. The minimum absolute atomic E-state index is 0.312. The summed E-state index contributed by atoms with van der Waals surface area (Å²) < 4.78 is 1.12. The molecule has 5 heteroatoms. The Hall–Kier alpha value is -3.31. The molecule has 0 saturated carbocycles. The summed E-state index contributed by atoms with van der Waals surface area (Å²) in [5, 5.41) is 4.90. The number of aryl methyl sites for hydroxylation is 2. The molecular weight excluding hydrogens is 424 g/mol. The van der Waals surface area contributed by atoms with Gasteiger partial charge < -0.3 is 5.32 Å². The van der Waals surface area contributed by atoms with Gasteiger partial charge >= 0.3 is 0 Å². The van der Waals surface area contributed by atoms with Gasteiger partial charge in [0, 0.05) is 17.0 Å². The number of fused-ring (bicyclic) bond motifs is 5. The Kier molecular flexibility index (Phi) is 5.27. The Morgan fingerprint density at radius 2 is 1.70 bits per heavy atom. The summed E-state index contributed by atoms with van der Waals surface area (Å²) in [5.74, 6) is 0.927. The molecule has 6 rings (SSSR count). The number of pyridine rings is 1. The van der Waals surface area contributed by atoms with Crippen LogP contribution in [0.25, 0.3) is 31.7 Å². The zero-order valence-electron chi connectivity index (χ0n) is 18.7. The number of aromatic nitrogens is 3. The van der Waals surface area contributed by atoms with E-state index in [1.165, 1.54) is 34.1 Å². The van der Waals surface area contributed by atoms with Gasteiger partial charge in [-0.1, -0.05) is 60.7 Å². The third kappa shape index (κ3) is 3.76. The fraction of sp³-hybridized carbons (Fsp3) is 0.250. The van der Waals surface area contributed by atoms with Gasteiger partial charge in [-0.3, -0.25) is 0 Å². The largest absolute Gasteiger partial charge is 0.366 e.